The normalized spacial score (nSPS) is 24.3. The van der Waals surface area contributed by atoms with Crippen molar-refractivity contribution in [3.63, 3.8) is 0 Å². The van der Waals surface area contributed by atoms with Gasteiger partial charge in [0.25, 0.3) is 5.91 Å². The number of hydrogen-bond donors (Lipinski definition) is 0. The van der Waals surface area contributed by atoms with E-state index in [9.17, 15) is 4.79 Å². The highest BCUT2D eigenvalue weighted by molar-refractivity contribution is 7.80. The van der Waals surface area contributed by atoms with Gasteiger partial charge in [0.1, 0.15) is 5.75 Å². The molecule has 4 heteroatoms. The lowest BCUT2D eigenvalue weighted by Crippen LogP contribution is -2.58. The predicted octanol–water partition coefficient (Wildman–Crippen LogP) is 7.32. The van der Waals surface area contributed by atoms with Crippen molar-refractivity contribution in [3.8, 4) is 5.75 Å². The van der Waals surface area contributed by atoms with E-state index in [0.717, 1.165) is 28.8 Å². The van der Waals surface area contributed by atoms with Gasteiger partial charge in [-0.1, -0.05) is 103 Å². The molecule has 0 spiro atoms. The van der Waals surface area contributed by atoms with Gasteiger partial charge >= 0.3 is 0 Å². The second kappa shape index (κ2) is 11.9. The monoisotopic (exact) mass is 571 g/mol. The maximum Gasteiger partial charge on any atom is 0.251 e. The van der Waals surface area contributed by atoms with Gasteiger partial charge in [-0.05, 0) is 92.0 Å². The fourth-order valence-electron chi connectivity index (χ4n) is 8.22. The quantitative estimate of drug-likeness (QED) is 0.164. The number of ether oxygens (including phenoxy) is 1. The average Bonchev–Trinajstić information content (AvgIpc) is 3.03. The van der Waals surface area contributed by atoms with Crippen molar-refractivity contribution >= 4 is 41.5 Å². The molecule has 0 aromatic heterocycles. The van der Waals surface area contributed by atoms with Crippen LogP contribution in [-0.4, -0.2) is 19.1 Å². The highest BCUT2D eigenvalue weighted by Crippen LogP contribution is 2.56. The molecule has 4 aliphatic carbocycles. The van der Waals surface area contributed by atoms with E-state index in [2.05, 4.69) is 89.8 Å². The summed E-state index contributed by atoms with van der Waals surface area (Å²) in [7, 11) is 0.812. The lowest BCUT2D eigenvalue weighted by molar-refractivity contribution is -0.116. The Morgan fingerprint density at radius 3 is 1.81 bits per heavy atom. The third-order valence-corrected chi connectivity index (χ3v) is 12.1. The van der Waals surface area contributed by atoms with E-state index in [-0.39, 0.29) is 11.9 Å². The summed E-state index contributed by atoms with van der Waals surface area (Å²) >= 11 is 0. The first-order valence-electron chi connectivity index (χ1n) is 15.3. The Balaban J connectivity index is 1.41. The van der Waals surface area contributed by atoms with E-state index < -0.39 is 7.92 Å². The summed E-state index contributed by atoms with van der Waals surface area (Å²) in [5.41, 5.74) is 1.99. The smallest absolute Gasteiger partial charge is 0.251 e. The standard InChI is InChI=1S/C38H38NO2P/c1-41-34-18-11-19-35(42(32-14-7-3-8-15-32)33-16-9-4-10-17-33)38(34)39(36(40)21-20-27-12-5-2-6-13-27)37-30-23-28-22-29(25-30)26-31(37)24-28/h2-21,28-31,37H,22-26H2,1H3/b21-20+. The summed E-state index contributed by atoms with van der Waals surface area (Å²) in [6.45, 7) is 0. The molecule has 0 aliphatic heterocycles. The Kier molecular flexibility index (Phi) is 7.70. The second-order valence-electron chi connectivity index (χ2n) is 12.2. The first-order valence-corrected chi connectivity index (χ1v) is 16.7. The topological polar surface area (TPSA) is 29.5 Å². The van der Waals surface area contributed by atoms with E-state index in [4.69, 9.17) is 4.74 Å². The molecule has 4 bridgehead atoms. The highest BCUT2D eigenvalue weighted by atomic mass is 31.1. The average molecular weight is 572 g/mol. The summed E-state index contributed by atoms with van der Waals surface area (Å²) in [5.74, 6) is 3.55. The zero-order valence-electron chi connectivity index (χ0n) is 24.2. The number of hydrogen-bond acceptors (Lipinski definition) is 2. The number of methoxy groups -OCH3 is 1. The Hall–Kier alpha value is -3.68. The van der Waals surface area contributed by atoms with Crippen LogP contribution in [-0.2, 0) is 4.79 Å². The first kappa shape index (κ1) is 27.2. The van der Waals surface area contributed by atoms with Crippen molar-refractivity contribution in [2.75, 3.05) is 12.0 Å². The Morgan fingerprint density at radius 2 is 1.26 bits per heavy atom. The van der Waals surface area contributed by atoms with Crippen molar-refractivity contribution in [2.45, 2.75) is 38.1 Å². The molecule has 4 aliphatic rings. The number of nitrogens with zero attached hydrogens (tertiary/aromatic N) is 1. The molecule has 42 heavy (non-hydrogen) atoms. The molecule has 4 aromatic carbocycles. The largest absolute Gasteiger partial charge is 0.495 e. The van der Waals surface area contributed by atoms with Crippen LogP contribution >= 0.6 is 7.92 Å². The van der Waals surface area contributed by atoms with Gasteiger partial charge in [0.05, 0.1) is 12.8 Å². The Labute approximate surface area is 251 Å². The van der Waals surface area contributed by atoms with E-state index >= 15 is 0 Å². The summed E-state index contributed by atoms with van der Waals surface area (Å²) in [6.07, 6.45) is 10.1. The molecule has 0 heterocycles. The van der Waals surface area contributed by atoms with Crippen LogP contribution in [0.15, 0.2) is 115 Å². The lowest BCUT2D eigenvalue weighted by Gasteiger charge is -2.57. The first-order chi connectivity index (χ1) is 20.7. The van der Waals surface area contributed by atoms with E-state index in [1.807, 2.05) is 30.3 Å². The molecule has 4 saturated carbocycles. The Bertz CT molecular complexity index is 1480. The zero-order chi connectivity index (χ0) is 28.5. The van der Waals surface area contributed by atoms with Crippen molar-refractivity contribution < 1.29 is 9.53 Å². The molecule has 8 rings (SSSR count). The van der Waals surface area contributed by atoms with Crippen LogP contribution in [0.3, 0.4) is 0 Å². The number of para-hydroxylation sites is 1. The number of benzene rings is 4. The van der Waals surface area contributed by atoms with Gasteiger partial charge in [0.2, 0.25) is 0 Å². The summed E-state index contributed by atoms with van der Waals surface area (Å²) in [6, 6.07) is 38.3. The van der Waals surface area contributed by atoms with Crippen molar-refractivity contribution in [1.82, 2.24) is 0 Å². The van der Waals surface area contributed by atoms with Gasteiger partial charge in [0.15, 0.2) is 0 Å². The summed E-state index contributed by atoms with van der Waals surface area (Å²) < 4.78 is 6.14. The van der Waals surface area contributed by atoms with Crippen molar-refractivity contribution in [1.29, 1.82) is 0 Å². The number of amides is 1. The van der Waals surface area contributed by atoms with Crippen LogP contribution in [0, 0.1) is 23.7 Å². The molecule has 3 nitrogen and oxygen atoms in total. The highest BCUT2D eigenvalue weighted by Gasteiger charge is 2.52. The van der Waals surface area contributed by atoms with Crippen LogP contribution in [0.2, 0.25) is 0 Å². The van der Waals surface area contributed by atoms with Gasteiger partial charge in [-0.15, -0.1) is 0 Å². The van der Waals surface area contributed by atoms with Gasteiger partial charge in [-0.2, -0.15) is 0 Å². The van der Waals surface area contributed by atoms with Gasteiger partial charge in [0, 0.05) is 17.4 Å². The number of carbonyl (C=O) groups excluding carboxylic acids is 1. The molecule has 0 atom stereocenters. The molecule has 1 amide bonds. The molecule has 0 unspecified atom stereocenters. The van der Waals surface area contributed by atoms with Crippen LogP contribution in [0.25, 0.3) is 6.08 Å². The fraction of sp³-hybridized carbons (Fsp3) is 0.289. The van der Waals surface area contributed by atoms with Crippen LogP contribution in [0.1, 0.15) is 37.7 Å². The minimum atomic E-state index is -0.933. The molecule has 0 radical (unpaired) electrons. The Morgan fingerprint density at radius 1 is 0.714 bits per heavy atom. The van der Waals surface area contributed by atoms with Gasteiger partial charge in [-0.3, -0.25) is 4.79 Å². The number of anilines is 1. The summed E-state index contributed by atoms with van der Waals surface area (Å²) in [5, 5.41) is 3.72. The number of carbonyl (C=O) groups is 1. The minimum absolute atomic E-state index is 0.0538. The van der Waals surface area contributed by atoms with Crippen molar-refractivity contribution in [3.05, 3.63) is 121 Å². The number of rotatable bonds is 8. The zero-order valence-corrected chi connectivity index (χ0v) is 25.1. The fourth-order valence-corrected chi connectivity index (χ4v) is 10.7. The third kappa shape index (κ3) is 5.20. The molecule has 0 saturated heterocycles. The SMILES string of the molecule is COc1cccc(P(c2ccccc2)c2ccccc2)c1N(C(=O)/C=C/c1ccccc1)C1C2CC3CC(C2)CC1C3. The molecular formula is C38H38NO2P. The molecule has 4 fully saturated rings. The molecular weight excluding hydrogens is 533 g/mol. The molecule has 212 valence electrons. The lowest BCUT2D eigenvalue weighted by atomic mass is 9.53. The van der Waals surface area contributed by atoms with E-state index in [0.29, 0.717) is 11.8 Å². The van der Waals surface area contributed by atoms with E-state index in [1.165, 1.54) is 48.0 Å². The van der Waals surface area contributed by atoms with E-state index in [1.54, 1.807) is 13.2 Å². The van der Waals surface area contributed by atoms with Gasteiger partial charge in [-0.25, -0.2) is 0 Å². The van der Waals surface area contributed by atoms with Crippen LogP contribution in [0.4, 0.5) is 5.69 Å². The van der Waals surface area contributed by atoms with Crippen molar-refractivity contribution in [2.24, 2.45) is 23.7 Å². The second-order valence-corrected chi connectivity index (χ2v) is 14.4. The minimum Gasteiger partial charge on any atom is -0.495 e. The van der Waals surface area contributed by atoms with Crippen LogP contribution < -0.4 is 25.6 Å². The maximum atomic E-state index is 14.6. The molecule has 0 N–H and O–H groups in total. The summed E-state index contributed by atoms with van der Waals surface area (Å²) in [4.78, 5) is 16.8. The molecule has 4 aromatic rings. The predicted molar refractivity (Wildman–Crippen MR) is 175 cm³/mol. The van der Waals surface area contributed by atoms with Gasteiger partial charge < -0.3 is 9.64 Å². The van der Waals surface area contributed by atoms with Crippen LogP contribution in [0.5, 0.6) is 5.75 Å². The maximum absolute atomic E-state index is 14.6. The third-order valence-electron chi connectivity index (χ3n) is 9.64.